The zero-order chi connectivity index (χ0) is 6.91. The molecule has 1 aliphatic rings. The van der Waals surface area contributed by atoms with Crippen molar-refractivity contribution in [3.05, 3.63) is 0 Å². The van der Waals surface area contributed by atoms with Crippen molar-refractivity contribution < 1.29 is 0 Å². The molecule has 1 heteroatoms. The number of hydrogen-bond acceptors (Lipinski definition) is 1. The summed E-state index contributed by atoms with van der Waals surface area (Å²) in [6, 6.07) is 0.234. The molecule has 0 amide bonds. The molecule has 0 spiro atoms. The van der Waals surface area contributed by atoms with Crippen LogP contribution in [0.15, 0.2) is 0 Å². The molecule has 0 bridgehead atoms. The van der Waals surface area contributed by atoms with Gasteiger partial charge in [-0.15, -0.1) is 6.42 Å². The lowest BCUT2D eigenvalue weighted by atomic mass is 10.2. The van der Waals surface area contributed by atoms with Gasteiger partial charge in [-0.2, -0.15) is 0 Å². The molecule has 1 aliphatic carbocycles. The van der Waals surface area contributed by atoms with E-state index in [0.717, 1.165) is 0 Å². The maximum absolute atomic E-state index is 5.19. The zero-order valence-electron chi connectivity index (χ0n) is 6.07. The third kappa shape index (κ3) is 1.73. The molecule has 0 aromatic carbocycles. The minimum Gasteiger partial charge on any atom is -0.299 e. The first-order valence-electron chi connectivity index (χ1n) is 3.40. The first-order valence-corrected chi connectivity index (χ1v) is 3.40. The first-order chi connectivity index (χ1) is 4.16. The van der Waals surface area contributed by atoms with Gasteiger partial charge >= 0.3 is 0 Å². The van der Waals surface area contributed by atoms with Crippen molar-refractivity contribution >= 4 is 0 Å². The zero-order valence-corrected chi connectivity index (χ0v) is 6.07. The maximum atomic E-state index is 5.19. The summed E-state index contributed by atoms with van der Waals surface area (Å²) in [5.74, 6) is 2.65. The van der Waals surface area contributed by atoms with Gasteiger partial charge in [0, 0.05) is 5.54 Å². The summed E-state index contributed by atoms with van der Waals surface area (Å²) in [4.78, 5) is 0. The molecule has 0 aliphatic heterocycles. The summed E-state index contributed by atoms with van der Waals surface area (Å²) in [7, 11) is 0. The molecular weight excluding hydrogens is 110 g/mol. The molecule has 0 radical (unpaired) electrons. The van der Waals surface area contributed by atoms with Crippen LogP contribution in [-0.4, -0.2) is 11.6 Å². The summed E-state index contributed by atoms with van der Waals surface area (Å²) >= 11 is 0. The Balaban J connectivity index is 2.27. The first kappa shape index (κ1) is 6.64. The Morgan fingerprint density at radius 2 is 2.22 bits per heavy atom. The minimum atomic E-state index is 0.234. The van der Waals surface area contributed by atoms with E-state index in [1.54, 1.807) is 0 Å². The van der Waals surface area contributed by atoms with Crippen LogP contribution in [0.25, 0.3) is 0 Å². The molecule has 0 aromatic heterocycles. The van der Waals surface area contributed by atoms with Gasteiger partial charge < -0.3 is 0 Å². The minimum absolute atomic E-state index is 0.234. The Kier molecular flexibility index (Phi) is 1.50. The van der Waals surface area contributed by atoms with E-state index in [1.165, 1.54) is 12.8 Å². The monoisotopic (exact) mass is 123 g/mol. The lowest BCUT2D eigenvalue weighted by Crippen LogP contribution is -2.34. The smallest absolute Gasteiger partial charge is 0.0662 e. The highest BCUT2D eigenvalue weighted by molar-refractivity contribution is 5.05. The Bertz CT molecular complexity index is 139. The molecule has 50 valence electrons. The second kappa shape index (κ2) is 2.04. The third-order valence-corrected chi connectivity index (χ3v) is 1.81. The Morgan fingerprint density at radius 1 is 1.67 bits per heavy atom. The van der Waals surface area contributed by atoms with Crippen molar-refractivity contribution in [1.82, 2.24) is 5.32 Å². The van der Waals surface area contributed by atoms with E-state index in [9.17, 15) is 0 Å². The molecular formula is C8H13N. The van der Waals surface area contributed by atoms with Crippen LogP contribution in [0.5, 0.6) is 0 Å². The van der Waals surface area contributed by atoms with E-state index in [2.05, 4.69) is 18.2 Å². The van der Waals surface area contributed by atoms with E-state index in [1.807, 2.05) is 6.92 Å². The molecule has 1 N–H and O–H groups in total. The fourth-order valence-electron chi connectivity index (χ4n) is 0.896. The number of rotatable bonds is 2. The Morgan fingerprint density at radius 3 is 2.56 bits per heavy atom. The van der Waals surface area contributed by atoms with Crippen molar-refractivity contribution in [3.8, 4) is 12.3 Å². The van der Waals surface area contributed by atoms with Crippen molar-refractivity contribution in [2.24, 2.45) is 0 Å². The molecule has 1 unspecified atom stereocenters. The summed E-state index contributed by atoms with van der Waals surface area (Å²) in [6.07, 6.45) is 7.75. The normalized spacial score (nSPS) is 24.6. The molecule has 1 fully saturated rings. The van der Waals surface area contributed by atoms with Crippen molar-refractivity contribution in [2.45, 2.75) is 38.3 Å². The van der Waals surface area contributed by atoms with Gasteiger partial charge in [0.05, 0.1) is 6.04 Å². The fourth-order valence-corrected chi connectivity index (χ4v) is 0.896. The molecule has 0 aromatic rings. The van der Waals surface area contributed by atoms with Gasteiger partial charge in [-0.1, -0.05) is 5.92 Å². The summed E-state index contributed by atoms with van der Waals surface area (Å²) < 4.78 is 0. The number of terminal acetylenes is 1. The quantitative estimate of drug-likeness (QED) is 0.543. The summed E-state index contributed by atoms with van der Waals surface area (Å²) in [6.45, 7) is 4.23. The van der Waals surface area contributed by atoms with E-state index in [-0.39, 0.29) is 6.04 Å². The van der Waals surface area contributed by atoms with Crippen molar-refractivity contribution in [2.75, 3.05) is 0 Å². The largest absolute Gasteiger partial charge is 0.299 e. The average molecular weight is 123 g/mol. The van der Waals surface area contributed by atoms with Gasteiger partial charge in [0.1, 0.15) is 0 Å². The predicted molar refractivity (Wildman–Crippen MR) is 39.1 cm³/mol. The van der Waals surface area contributed by atoms with E-state index in [0.29, 0.717) is 5.54 Å². The highest BCUT2D eigenvalue weighted by atomic mass is 15.0. The predicted octanol–water partition coefficient (Wildman–Crippen LogP) is 1.15. The standard InChI is InChI=1S/C8H13N/c1-4-7(2)9-8(3)5-6-8/h1,7,9H,5-6H2,2-3H3. The van der Waals surface area contributed by atoms with Crippen molar-refractivity contribution in [1.29, 1.82) is 0 Å². The van der Waals surface area contributed by atoms with Gasteiger partial charge in [-0.05, 0) is 26.7 Å². The summed E-state index contributed by atoms with van der Waals surface area (Å²) in [5, 5.41) is 3.34. The highest BCUT2D eigenvalue weighted by Gasteiger charge is 2.37. The van der Waals surface area contributed by atoms with E-state index in [4.69, 9.17) is 6.42 Å². The van der Waals surface area contributed by atoms with Crippen LogP contribution in [0.1, 0.15) is 26.7 Å². The molecule has 1 rings (SSSR count). The molecule has 1 nitrogen and oxygen atoms in total. The molecule has 9 heavy (non-hydrogen) atoms. The maximum Gasteiger partial charge on any atom is 0.0662 e. The molecule has 1 atom stereocenters. The Hall–Kier alpha value is -0.480. The van der Waals surface area contributed by atoms with Crippen LogP contribution in [-0.2, 0) is 0 Å². The van der Waals surface area contributed by atoms with Crippen LogP contribution < -0.4 is 5.32 Å². The van der Waals surface area contributed by atoms with Gasteiger partial charge in [-0.25, -0.2) is 0 Å². The average Bonchev–Trinajstić information content (AvgIpc) is 2.48. The Labute approximate surface area is 56.8 Å². The van der Waals surface area contributed by atoms with Crippen molar-refractivity contribution in [3.63, 3.8) is 0 Å². The molecule has 0 saturated heterocycles. The van der Waals surface area contributed by atoms with Gasteiger partial charge in [0.25, 0.3) is 0 Å². The van der Waals surface area contributed by atoms with Crippen LogP contribution in [0, 0.1) is 12.3 Å². The van der Waals surface area contributed by atoms with Gasteiger partial charge in [0.2, 0.25) is 0 Å². The van der Waals surface area contributed by atoms with Crippen LogP contribution in [0.3, 0.4) is 0 Å². The second-order valence-electron chi connectivity index (χ2n) is 3.09. The van der Waals surface area contributed by atoms with Gasteiger partial charge in [-0.3, -0.25) is 5.32 Å². The van der Waals surface area contributed by atoms with Gasteiger partial charge in [0.15, 0.2) is 0 Å². The van der Waals surface area contributed by atoms with Crippen LogP contribution >= 0.6 is 0 Å². The SMILES string of the molecule is C#CC(C)NC1(C)CC1. The lowest BCUT2D eigenvalue weighted by molar-refractivity contribution is 0.513. The third-order valence-electron chi connectivity index (χ3n) is 1.81. The van der Waals surface area contributed by atoms with Crippen LogP contribution in [0.2, 0.25) is 0 Å². The van der Waals surface area contributed by atoms with Crippen LogP contribution in [0.4, 0.5) is 0 Å². The lowest BCUT2D eigenvalue weighted by Gasteiger charge is -2.13. The highest BCUT2D eigenvalue weighted by Crippen LogP contribution is 2.34. The summed E-state index contributed by atoms with van der Waals surface area (Å²) in [5.41, 5.74) is 0.381. The molecule has 0 heterocycles. The second-order valence-corrected chi connectivity index (χ2v) is 3.09. The molecule has 1 saturated carbocycles. The van der Waals surface area contributed by atoms with E-state index < -0.39 is 0 Å². The number of hydrogen-bond donors (Lipinski definition) is 1. The van der Waals surface area contributed by atoms with E-state index >= 15 is 0 Å². The topological polar surface area (TPSA) is 12.0 Å². The number of nitrogens with one attached hydrogen (secondary N) is 1. The fraction of sp³-hybridized carbons (Fsp3) is 0.750.